The van der Waals surface area contributed by atoms with Gasteiger partial charge in [0.15, 0.2) is 0 Å². The standard InChI is InChI=1S/C22H29N3OS2/c1-13-5-8-16-17(10-13)28-22-19(16)21(23-20(24-22)15-6-7-15)27-12-18(26)25-9-3-4-14(2)11-25/h13-15H,3-12H2,1-2H3/t13-,14+/m1/s1. The lowest BCUT2D eigenvalue weighted by atomic mass is 9.89. The van der Waals surface area contributed by atoms with Crippen LogP contribution >= 0.6 is 23.1 Å². The van der Waals surface area contributed by atoms with Crippen LogP contribution in [0.25, 0.3) is 10.2 Å². The third-order valence-electron chi connectivity index (χ3n) is 6.42. The molecule has 1 amide bonds. The molecule has 2 fully saturated rings. The van der Waals surface area contributed by atoms with Crippen LogP contribution in [-0.4, -0.2) is 39.6 Å². The lowest BCUT2D eigenvalue weighted by molar-refractivity contribution is -0.130. The smallest absolute Gasteiger partial charge is 0.232 e. The third kappa shape index (κ3) is 3.70. The molecule has 3 heterocycles. The predicted octanol–water partition coefficient (Wildman–Crippen LogP) is 5.04. The van der Waals surface area contributed by atoms with Crippen LogP contribution in [0.15, 0.2) is 5.03 Å². The van der Waals surface area contributed by atoms with Gasteiger partial charge in [-0.25, -0.2) is 9.97 Å². The highest BCUT2D eigenvalue weighted by molar-refractivity contribution is 8.00. The van der Waals surface area contributed by atoms with Gasteiger partial charge in [0, 0.05) is 29.3 Å². The molecule has 2 aromatic rings. The first kappa shape index (κ1) is 18.9. The molecule has 0 radical (unpaired) electrons. The Labute approximate surface area is 175 Å². The second kappa shape index (κ2) is 7.60. The number of piperidine rings is 1. The maximum atomic E-state index is 12.8. The molecule has 2 aromatic heterocycles. The number of nitrogens with zero attached hydrogens (tertiary/aromatic N) is 3. The highest BCUT2D eigenvalue weighted by Crippen LogP contribution is 2.44. The van der Waals surface area contributed by atoms with Crippen molar-refractivity contribution >= 4 is 39.2 Å². The number of aromatic nitrogens is 2. The molecular weight excluding hydrogens is 386 g/mol. The van der Waals surface area contributed by atoms with E-state index in [1.54, 1.807) is 11.8 Å². The highest BCUT2D eigenvalue weighted by Gasteiger charge is 2.30. The Morgan fingerprint density at radius 1 is 1.18 bits per heavy atom. The van der Waals surface area contributed by atoms with E-state index in [0.717, 1.165) is 47.5 Å². The Kier molecular flexibility index (Phi) is 5.12. The van der Waals surface area contributed by atoms with E-state index in [4.69, 9.17) is 9.97 Å². The number of carbonyl (C=O) groups excluding carboxylic acids is 1. The Hall–Kier alpha value is -1.14. The number of carbonyl (C=O) groups is 1. The zero-order chi connectivity index (χ0) is 19.3. The fourth-order valence-electron chi connectivity index (χ4n) is 4.59. The van der Waals surface area contributed by atoms with Crippen molar-refractivity contribution in [3.8, 4) is 0 Å². The van der Waals surface area contributed by atoms with Crippen LogP contribution < -0.4 is 0 Å². The van der Waals surface area contributed by atoms with Gasteiger partial charge in [0.25, 0.3) is 0 Å². The van der Waals surface area contributed by atoms with E-state index < -0.39 is 0 Å². The van der Waals surface area contributed by atoms with Crippen LogP contribution in [0.3, 0.4) is 0 Å². The summed E-state index contributed by atoms with van der Waals surface area (Å²) in [5, 5.41) is 2.33. The molecule has 0 N–H and O–H groups in total. The van der Waals surface area contributed by atoms with Crippen LogP contribution in [0.1, 0.15) is 68.1 Å². The maximum Gasteiger partial charge on any atom is 0.232 e. The van der Waals surface area contributed by atoms with Gasteiger partial charge in [-0.3, -0.25) is 4.79 Å². The van der Waals surface area contributed by atoms with Crippen LogP contribution in [0, 0.1) is 11.8 Å². The summed E-state index contributed by atoms with van der Waals surface area (Å²) in [6.45, 7) is 6.43. The summed E-state index contributed by atoms with van der Waals surface area (Å²) >= 11 is 3.53. The summed E-state index contributed by atoms with van der Waals surface area (Å²) in [6, 6.07) is 0. The quantitative estimate of drug-likeness (QED) is 0.518. The fourth-order valence-corrected chi connectivity index (χ4v) is 7.01. The number of likely N-dealkylation sites (tertiary alicyclic amines) is 1. The molecule has 28 heavy (non-hydrogen) atoms. The molecular formula is C22H29N3OS2. The van der Waals surface area contributed by atoms with Crippen molar-refractivity contribution in [3.63, 3.8) is 0 Å². The fraction of sp³-hybridized carbons (Fsp3) is 0.682. The number of rotatable bonds is 4. The molecule has 6 heteroatoms. The zero-order valence-corrected chi connectivity index (χ0v) is 18.5. The van der Waals surface area contributed by atoms with E-state index in [2.05, 4.69) is 18.7 Å². The first-order valence-electron chi connectivity index (χ1n) is 10.8. The van der Waals surface area contributed by atoms with Crippen molar-refractivity contribution in [2.75, 3.05) is 18.8 Å². The van der Waals surface area contributed by atoms with Gasteiger partial charge < -0.3 is 4.90 Å². The van der Waals surface area contributed by atoms with E-state index in [1.165, 1.54) is 47.9 Å². The van der Waals surface area contributed by atoms with Crippen LogP contribution in [0.4, 0.5) is 0 Å². The van der Waals surface area contributed by atoms with E-state index in [-0.39, 0.29) is 5.91 Å². The van der Waals surface area contributed by atoms with E-state index in [0.29, 0.717) is 17.6 Å². The number of thiophene rings is 1. The van der Waals surface area contributed by atoms with Crippen LogP contribution in [0.2, 0.25) is 0 Å². The molecule has 4 nitrogen and oxygen atoms in total. The van der Waals surface area contributed by atoms with Crippen LogP contribution in [0.5, 0.6) is 0 Å². The highest BCUT2D eigenvalue weighted by atomic mass is 32.2. The molecule has 0 spiro atoms. The van der Waals surface area contributed by atoms with Gasteiger partial charge >= 0.3 is 0 Å². The van der Waals surface area contributed by atoms with E-state index in [9.17, 15) is 4.79 Å². The van der Waals surface area contributed by atoms with Crippen molar-refractivity contribution in [1.82, 2.24) is 14.9 Å². The summed E-state index contributed by atoms with van der Waals surface area (Å²) in [6.07, 6.45) is 8.35. The number of aryl methyl sites for hydroxylation is 1. The van der Waals surface area contributed by atoms with Gasteiger partial charge in [-0.1, -0.05) is 25.6 Å². The Morgan fingerprint density at radius 3 is 2.82 bits per heavy atom. The number of hydrogen-bond acceptors (Lipinski definition) is 5. The molecule has 3 aliphatic rings. The van der Waals surface area contributed by atoms with Gasteiger partial charge in [-0.2, -0.15) is 0 Å². The summed E-state index contributed by atoms with van der Waals surface area (Å²) < 4.78 is 0. The largest absolute Gasteiger partial charge is 0.342 e. The first-order valence-corrected chi connectivity index (χ1v) is 12.6. The molecule has 150 valence electrons. The van der Waals surface area contributed by atoms with Crippen molar-refractivity contribution < 1.29 is 4.79 Å². The molecule has 2 atom stereocenters. The summed E-state index contributed by atoms with van der Waals surface area (Å²) in [5.74, 6) is 3.72. The topological polar surface area (TPSA) is 46.1 Å². The Balaban J connectivity index is 1.43. The molecule has 1 aliphatic heterocycles. The van der Waals surface area contributed by atoms with E-state index in [1.807, 2.05) is 11.3 Å². The minimum atomic E-state index is 0.272. The number of amides is 1. The number of hydrogen-bond donors (Lipinski definition) is 0. The maximum absolute atomic E-state index is 12.8. The van der Waals surface area contributed by atoms with Gasteiger partial charge in [0.1, 0.15) is 15.7 Å². The molecule has 0 bridgehead atoms. The molecule has 1 saturated carbocycles. The second-order valence-electron chi connectivity index (χ2n) is 9.07. The second-order valence-corrected chi connectivity index (χ2v) is 11.1. The van der Waals surface area contributed by atoms with Gasteiger partial charge in [0.2, 0.25) is 5.91 Å². The number of fused-ring (bicyclic) bond motifs is 3. The van der Waals surface area contributed by atoms with Crippen molar-refractivity contribution in [3.05, 3.63) is 16.3 Å². The Morgan fingerprint density at radius 2 is 2.04 bits per heavy atom. The van der Waals surface area contributed by atoms with Crippen molar-refractivity contribution in [2.45, 2.75) is 69.7 Å². The molecule has 5 rings (SSSR count). The van der Waals surface area contributed by atoms with E-state index >= 15 is 0 Å². The Bertz CT molecular complexity index is 905. The van der Waals surface area contributed by atoms with Crippen molar-refractivity contribution in [1.29, 1.82) is 0 Å². The normalized spacial score (nSPS) is 25.1. The molecule has 1 saturated heterocycles. The average molecular weight is 416 g/mol. The minimum absolute atomic E-state index is 0.272. The monoisotopic (exact) mass is 415 g/mol. The van der Waals surface area contributed by atoms with Gasteiger partial charge in [-0.15, -0.1) is 11.3 Å². The predicted molar refractivity (Wildman–Crippen MR) is 116 cm³/mol. The van der Waals surface area contributed by atoms with Gasteiger partial charge in [-0.05, 0) is 62.3 Å². The summed E-state index contributed by atoms with van der Waals surface area (Å²) in [4.78, 5) is 27.5. The minimum Gasteiger partial charge on any atom is -0.342 e. The lowest BCUT2D eigenvalue weighted by Gasteiger charge is -2.30. The lowest BCUT2D eigenvalue weighted by Crippen LogP contribution is -2.40. The molecule has 2 aliphatic carbocycles. The zero-order valence-electron chi connectivity index (χ0n) is 16.9. The summed E-state index contributed by atoms with van der Waals surface area (Å²) in [7, 11) is 0. The number of thioether (sulfide) groups is 1. The average Bonchev–Trinajstić information content (AvgIpc) is 3.46. The van der Waals surface area contributed by atoms with Gasteiger partial charge in [0.05, 0.1) is 5.75 Å². The molecule has 0 aromatic carbocycles. The first-order chi connectivity index (χ1) is 13.6. The SMILES string of the molecule is C[C@@H]1CCc2c(sc3nc(C4CC4)nc(SCC(=O)N4CCC[C@H](C)C4)c23)C1. The molecule has 0 unspecified atom stereocenters. The summed E-state index contributed by atoms with van der Waals surface area (Å²) in [5.41, 5.74) is 1.47. The third-order valence-corrected chi connectivity index (χ3v) is 8.53. The van der Waals surface area contributed by atoms with Crippen molar-refractivity contribution in [2.24, 2.45) is 11.8 Å². The van der Waals surface area contributed by atoms with Crippen LogP contribution in [-0.2, 0) is 17.6 Å².